The number of likely N-dealkylation sites (N-methyl/N-ethyl adjacent to an activating group) is 1. The fraction of sp³-hybridized carbons (Fsp3) is 0.812. The molecule has 0 N–H and O–H groups in total. The Kier molecular flexibility index (Phi) is 4.34. The third-order valence-electron chi connectivity index (χ3n) is 5.06. The molecule has 0 aromatic rings. The van der Waals surface area contributed by atoms with Crippen LogP contribution in [0.2, 0.25) is 0 Å². The molecule has 0 aromatic carbocycles. The van der Waals surface area contributed by atoms with Crippen molar-refractivity contribution < 1.29 is 9.53 Å². The number of rotatable bonds is 4. The molecule has 1 aliphatic carbocycles. The topological polar surface area (TPSA) is 29.5 Å². The van der Waals surface area contributed by atoms with Gasteiger partial charge in [0.2, 0.25) is 0 Å². The first-order chi connectivity index (χ1) is 9.00. The standard InChI is InChI=1S/C16H27NO2/c1-5-12(6-2)15(18)19-13-7-8-16(3)9-10-17(4)14(16)11-13/h11-12,14H,5-10H2,1-4H3/t14-,16?/m0/s1. The third kappa shape index (κ3) is 2.86. The lowest BCUT2D eigenvalue weighted by molar-refractivity contribution is -0.145. The lowest BCUT2D eigenvalue weighted by atomic mass is 9.75. The molecular weight excluding hydrogens is 238 g/mol. The smallest absolute Gasteiger partial charge is 0.313 e. The van der Waals surface area contributed by atoms with Crippen LogP contribution >= 0.6 is 0 Å². The number of fused-ring (bicyclic) bond motifs is 1. The number of likely N-dealkylation sites (tertiary alicyclic amines) is 1. The van der Waals surface area contributed by atoms with Crippen molar-refractivity contribution in [2.45, 2.75) is 58.9 Å². The van der Waals surface area contributed by atoms with Crippen molar-refractivity contribution in [3.8, 4) is 0 Å². The van der Waals surface area contributed by atoms with Crippen LogP contribution in [0.4, 0.5) is 0 Å². The summed E-state index contributed by atoms with van der Waals surface area (Å²) in [5.41, 5.74) is 0.375. The maximum atomic E-state index is 12.1. The molecule has 1 aliphatic heterocycles. The van der Waals surface area contributed by atoms with Gasteiger partial charge in [-0.05, 0) is 50.8 Å². The number of hydrogen-bond acceptors (Lipinski definition) is 3. The van der Waals surface area contributed by atoms with Crippen LogP contribution in [0, 0.1) is 11.3 Å². The molecule has 0 aromatic heterocycles. The Hall–Kier alpha value is -0.830. The normalized spacial score (nSPS) is 31.2. The lowest BCUT2D eigenvalue weighted by Gasteiger charge is -2.36. The van der Waals surface area contributed by atoms with Crippen LogP contribution in [0.3, 0.4) is 0 Å². The van der Waals surface area contributed by atoms with Gasteiger partial charge in [-0.3, -0.25) is 9.69 Å². The molecule has 0 radical (unpaired) electrons. The number of esters is 1. The van der Waals surface area contributed by atoms with Gasteiger partial charge in [0.15, 0.2) is 0 Å². The maximum absolute atomic E-state index is 12.1. The second-order valence-corrected chi connectivity index (χ2v) is 6.40. The van der Waals surface area contributed by atoms with Crippen molar-refractivity contribution in [2.24, 2.45) is 11.3 Å². The number of carbonyl (C=O) groups excluding carboxylic acids is 1. The minimum atomic E-state index is -0.0412. The van der Waals surface area contributed by atoms with Gasteiger partial charge in [-0.15, -0.1) is 0 Å². The Morgan fingerprint density at radius 3 is 2.79 bits per heavy atom. The maximum Gasteiger partial charge on any atom is 0.313 e. The number of nitrogens with zero attached hydrogens (tertiary/aromatic N) is 1. The van der Waals surface area contributed by atoms with Crippen molar-refractivity contribution in [1.29, 1.82) is 0 Å². The average molecular weight is 265 g/mol. The third-order valence-corrected chi connectivity index (χ3v) is 5.06. The van der Waals surface area contributed by atoms with Crippen molar-refractivity contribution in [3.05, 3.63) is 11.8 Å². The van der Waals surface area contributed by atoms with Gasteiger partial charge in [0.25, 0.3) is 0 Å². The molecule has 2 atom stereocenters. The predicted molar refractivity (Wildman–Crippen MR) is 76.6 cm³/mol. The van der Waals surface area contributed by atoms with Gasteiger partial charge in [0.1, 0.15) is 5.76 Å². The fourth-order valence-corrected chi connectivity index (χ4v) is 3.44. The van der Waals surface area contributed by atoms with Gasteiger partial charge in [-0.2, -0.15) is 0 Å². The molecule has 108 valence electrons. The Labute approximate surface area is 117 Å². The van der Waals surface area contributed by atoms with E-state index in [1.165, 1.54) is 6.42 Å². The molecule has 0 spiro atoms. The lowest BCUT2D eigenvalue weighted by Crippen LogP contribution is -2.37. The highest BCUT2D eigenvalue weighted by Crippen LogP contribution is 2.45. The van der Waals surface area contributed by atoms with E-state index in [1.54, 1.807) is 0 Å². The fourth-order valence-electron chi connectivity index (χ4n) is 3.44. The highest BCUT2D eigenvalue weighted by atomic mass is 16.5. The second kappa shape index (κ2) is 5.66. The van der Waals surface area contributed by atoms with Crippen molar-refractivity contribution in [3.63, 3.8) is 0 Å². The summed E-state index contributed by atoms with van der Waals surface area (Å²) in [5, 5.41) is 0. The number of allylic oxidation sites excluding steroid dienone is 1. The van der Waals surface area contributed by atoms with E-state index < -0.39 is 0 Å². The van der Waals surface area contributed by atoms with E-state index in [4.69, 9.17) is 4.74 Å². The van der Waals surface area contributed by atoms with Crippen LogP contribution in [0.1, 0.15) is 52.9 Å². The van der Waals surface area contributed by atoms with Gasteiger partial charge in [0.05, 0.1) is 5.92 Å². The summed E-state index contributed by atoms with van der Waals surface area (Å²) in [4.78, 5) is 14.4. The molecule has 0 saturated carbocycles. The zero-order valence-corrected chi connectivity index (χ0v) is 12.7. The Morgan fingerprint density at radius 2 is 2.16 bits per heavy atom. The molecular formula is C16H27NO2. The highest BCUT2D eigenvalue weighted by Gasteiger charge is 2.43. The second-order valence-electron chi connectivity index (χ2n) is 6.40. The Bertz CT molecular complexity index is 373. The van der Waals surface area contributed by atoms with Crippen molar-refractivity contribution in [1.82, 2.24) is 4.90 Å². The van der Waals surface area contributed by atoms with Crippen molar-refractivity contribution in [2.75, 3.05) is 13.6 Å². The van der Waals surface area contributed by atoms with Gasteiger partial charge in [0, 0.05) is 12.5 Å². The van der Waals surface area contributed by atoms with Crippen molar-refractivity contribution >= 4 is 5.97 Å². The molecule has 1 fully saturated rings. The first-order valence-electron chi connectivity index (χ1n) is 7.62. The molecule has 0 amide bonds. The van der Waals surface area contributed by atoms with E-state index in [0.717, 1.165) is 38.0 Å². The number of carbonyl (C=O) groups is 1. The van der Waals surface area contributed by atoms with E-state index in [1.807, 2.05) is 13.8 Å². The van der Waals surface area contributed by atoms with E-state index in [9.17, 15) is 4.79 Å². The van der Waals surface area contributed by atoms with Crippen LogP contribution in [-0.4, -0.2) is 30.5 Å². The van der Waals surface area contributed by atoms with Crippen LogP contribution in [-0.2, 0) is 9.53 Å². The monoisotopic (exact) mass is 265 g/mol. The molecule has 1 unspecified atom stereocenters. The van der Waals surface area contributed by atoms with Crippen LogP contribution in [0.25, 0.3) is 0 Å². The van der Waals surface area contributed by atoms with E-state index in [0.29, 0.717) is 11.5 Å². The summed E-state index contributed by atoms with van der Waals surface area (Å²) >= 11 is 0. The molecule has 1 heterocycles. The quantitative estimate of drug-likeness (QED) is 0.730. The summed E-state index contributed by atoms with van der Waals surface area (Å²) in [6, 6.07) is 0.436. The van der Waals surface area contributed by atoms with Gasteiger partial charge in [-0.25, -0.2) is 0 Å². The molecule has 2 rings (SSSR count). The van der Waals surface area contributed by atoms with Gasteiger partial charge >= 0.3 is 5.97 Å². The zero-order chi connectivity index (χ0) is 14.0. The number of ether oxygens (including phenoxy) is 1. The molecule has 0 bridgehead atoms. The highest BCUT2D eigenvalue weighted by molar-refractivity contribution is 5.73. The van der Waals surface area contributed by atoms with Crippen LogP contribution < -0.4 is 0 Å². The first-order valence-corrected chi connectivity index (χ1v) is 7.62. The average Bonchev–Trinajstić information content (AvgIpc) is 2.68. The summed E-state index contributed by atoms with van der Waals surface area (Å²) < 4.78 is 5.63. The van der Waals surface area contributed by atoms with Crippen LogP contribution in [0.15, 0.2) is 11.8 Å². The molecule has 1 saturated heterocycles. The number of hydrogen-bond donors (Lipinski definition) is 0. The summed E-state index contributed by atoms with van der Waals surface area (Å²) in [7, 11) is 2.16. The van der Waals surface area contributed by atoms with Gasteiger partial charge < -0.3 is 4.74 Å². The Morgan fingerprint density at radius 1 is 1.47 bits per heavy atom. The molecule has 3 heteroatoms. The van der Waals surface area contributed by atoms with Gasteiger partial charge in [-0.1, -0.05) is 20.8 Å². The van der Waals surface area contributed by atoms with E-state index >= 15 is 0 Å². The largest absolute Gasteiger partial charge is 0.431 e. The van der Waals surface area contributed by atoms with E-state index in [-0.39, 0.29) is 11.9 Å². The molecule has 19 heavy (non-hydrogen) atoms. The van der Waals surface area contributed by atoms with E-state index in [2.05, 4.69) is 24.9 Å². The minimum absolute atomic E-state index is 0.0412. The summed E-state index contributed by atoms with van der Waals surface area (Å²) in [6.45, 7) is 7.60. The SMILES string of the molecule is CCC(CC)C(=O)OC1=C[C@@H]2N(C)CCC2(C)CC1. The van der Waals surface area contributed by atoms with Crippen LogP contribution in [0.5, 0.6) is 0 Å². The zero-order valence-electron chi connectivity index (χ0n) is 12.7. The summed E-state index contributed by atoms with van der Waals surface area (Å²) in [6.07, 6.45) is 7.21. The first kappa shape index (κ1) is 14.6. The predicted octanol–water partition coefficient (Wildman–Crippen LogP) is 3.35. The minimum Gasteiger partial charge on any atom is -0.431 e. The Balaban J connectivity index is 2.04. The molecule has 3 nitrogen and oxygen atoms in total. The summed E-state index contributed by atoms with van der Waals surface area (Å²) in [5.74, 6) is 0.907. The molecule has 2 aliphatic rings.